The number of aromatic nitrogens is 2. The number of hydrogen-bond donors (Lipinski definition) is 1. The van der Waals surface area contributed by atoms with Crippen molar-refractivity contribution in [2.75, 3.05) is 5.32 Å². The fraction of sp³-hybridized carbons (Fsp3) is 0.333. The summed E-state index contributed by atoms with van der Waals surface area (Å²) in [6, 6.07) is 10.2. The summed E-state index contributed by atoms with van der Waals surface area (Å²) in [6.45, 7) is 4.92. The molecule has 19 heavy (non-hydrogen) atoms. The first-order valence-electron chi connectivity index (χ1n) is 6.50. The Morgan fingerprint density at radius 2 is 1.89 bits per heavy atom. The molecule has 0 aliphatic rings. The second-order valence-corrected chi connectivity index (χ2v) is 4.97. The highest BCUT2D eigenvalue weighted by molar-refractivity contribution is 6.29. The molecule has 0 unspecified atom stereocenters. The van der Waals surface area contributed by atoms with Crippen molar-refractivity contribution in [1.29, 1.82) is 0 Å². The second-order valence-electron chi connectivity index (χ2n) is 4.58. The molecule has 0 aliphatic heterocycles. The summed E-state index contributed by atoms with van der Waals surface area (Å²) in [5, 5.41) is 3.78. The van der Waals surface area contributed by atoms with Crippen LogP contribution in [0.4, 0.5) is 5.82 Å². The van der Waals surface area contributed by atoms with Crippen molar-refractivity contribution in [3.05, 3.63) is 52.4 Å². The molecule has 0 bridgehead atoms. The maximum Gasteiger partial charge on any atom is 0.134 e. The molecule has 2 rings (SSSR count). The molecule has 2 aromatic rings. The van der Waals surface area contributed by atoms with Crippen LogP contribution in [-0.4, -0.2) is 9.97 Å². The third-order valence-corrected chi connectivity index (χ3v) is 3.00. The lowest BCUT2D eigenvalue weighted by Gasteiger charge is -2.08. The second kappa shape index (κ2) is 6.53. The lowest BCUT2D eigenvalue weighted by atomic mass is 10.1. The van der Waals surface area contributed by atoms with Gasteiger partial charge >= 0.3 is 0 Å². The van der Waals surface area contributed by atoms with E-state index >= 15 is 0 Å². The Balaban J connectivity index is 2.04. The Labute approximate surface area is 119 Å². The number of aryl methyl sites for hydroxylation is 2. The molecule has 0 atom stereocenters. The highest BCUT2D eigenvalue weighted by Crippen LogP contribution is 2.14. The van der Waals surface area contributed by atoms with Gasteiger partial charge in [-0.3, -0.25) is 0 Å². The average molecular weight is 276 g/mol. The molecule has 3 nitrogen and oxygen atoms in total. The van der Waals surface area contributed by atoms with Gasteiger partial charge in [-0.1, -0.05) is 48.4 Å². The Kier molecular flexibility index (Phi) is 4.74. The van der Waals surface area contributed by atoms with E-state index in [1.807, 2.05) is 0 Å². The van der Waals surface area contributed by atoms with E-state index in [0.29, 0.717) is 5.15 Å². The van der Waals surface area contributed by atoms with Gasteiger partial charge in [0.15, 0.2) is 0 Å². The van der Waals surface area contributed by atoms with Gasteiger partial charge in [0.1, 0.15) is 16.8 Å². The standard InChI is InChI=1S/C15H18ClN3/c1-3-4-14-18-13(16)9-15(19-14)17-10-12-7-5-11(2)6-8-12/h5-9H,3-4,10H2,1-2H3,(H,17,18,19). The van der Waals surface area contributed by atoms with Crippen LogP contribution in [0.2, 0.25) is 5.15 Å². The van der Waals surface area contributed by atoms with Gasteiger partial charge < -0.3 is 5.32 Å². The molecule has 0 fully saturated rings. The van der Waals surface area contributed by atoms with Crippen molar-refractivity contribution in [3.63, 3.8) is 0 Å². The summed E-state index contributed by atoms with van der Waals surface area (Å²) in [5.41, 5.74) is 2.48. The van der Waals surface area contributed by atoms with E-state index in [4.69, 9.17) is 11.6 Å². The van der Waals surface area contributed by atoms with E-state index in [9.17, 15) is 0 Å². The zero-order valence-corrected chi connectivity index (χ0v) is 12.0. The quantitative estimate of drug-likeness (QED) is 0.838. The molecule has 1 heterocycles. The van der Waals surface area contributed by atoms with Gasteiger partial charge in [-0.15, -0.1) is 0 Å². The van der Waals surface area contributed by atoms with Gasteiger partial charge in [-0.2, -0.15) is 0 Å². The summed E-state index contributed by atoms with van der Waals surface area (Å²) in [6.07, 6.45) is 1.86. The molecule has 1 aromatic heterocycles. The first-order valence-corrected chi connectivity index (χ1v) is 6.88. The van der Waals surface area contributed by atoms with Crippen LogP contribution in [0.25, 0.3) is 0 Å². The largest absolute Gasteiger partial charge is 0.366 e. The molecule has 1 aromatic carbocycles. The maximum atomic E-state index is 6.00. The molecule has 0 radical (unpaired) electrons. The minimum atomic E-state index is 0.491. The molecule has 0 saturated heterocycles. The number of anilines is 1. The zero-order chi connectivity index (χ0) is 13.7. The van der Waals surface area contributed by atoms with Crippen LogP contribution in [0.3, 0.4) is 0 Å². The van der Waals surface area contributed by atoms with Crippen molar-refractivity contribution >= 4 is 17.4 Å². The lowest BCUT2D eigenvalue weighted by molar-refractivity contribution is 0.834. The highest BCUT2D eigenvalue weighted by Gasteiger charge is 2.02. The van der Waals surface area contributed by atoms with E-state index < -0.39 is 0 Å². The summed E-state index contributed by atoms with van der Waals surface area (Å²) in [5.74, 6) is 1.57. The minimum absolute atomic E-state index is 0.491. The molecule has 1 N–H and O–H groups in total. The molecule has 100 valence electrons. The van der Waals surface area contributed by atoms with E-state index in [-0.39, 0.29) is 0 Å². The van der Waals surface area contributed by atoms with Gasteiger partial charge in [0, 0.05) is 19.0 Å². The number of rotatable bonds is 5. The zero-order valence-electron chi connectivity index (χ0n) is 11.3. The van der Waals surface area contributed by atoms with Crippen molar-refractivity contribution in [2.24, 2.45) is 0 Å². The SMILES string of the molecule is CCCc1nc(Cl)cc(NCc2ccc(C)cc2)n1. The van der Waals surface area contributed by atoms with E-state index in [2.05, 4.69) is 53.4 Å². The first-order chi connectivity index (χ1) is 9.17. The van der Waals surface area contributed by atoms with Crippen LogP contribution in [0.5, 0.6) is 0 Å². The van der Waals surface area contributed by atoms with E-state index in [0.717, 1.165) is 31.0 Å². The summed E-state index contributed by atoms with van der Waals surface area (Å²) < 4.78 is 0. The monoisotopic (exact) mass is 275 g/mol. The number of halogens is 1. The third kappa shape index (κ3) is 4.21. The van der Waals surface area contributed by atoms with Gasteiger partial charge in [0.25, 0.3) is 0 Å². The lowest BCUT2D eigenvalue weighted by Crippen LogP contribution is -2.04. The molecule has 0 aliphatic carbocycles. The van der Waals surface area contributed by atoms with Crippen LogP contribution < -0.4 is 5.32 Å². The van der Waals surface area contributed by atoms with E-state index in [1.54, 1.807) is 6.07 Å². The third-order valence-electron chi connectivity index (χ3n) is 2.81. The summed E-state index contributed by atoms with van der Waals surface area (Å²) >= 11 is 6.00. The molecule has 4 heteroatoms. The smallest absolute Gasteiger partial charge is 0.134 e. The topological polar surface area (TPSA) is 37.8 Å². The predicted molar refractivity (Wildman–Crippen MR) is 79.5 cm³/mol. The number of nitrogens with zero attached hydrogens (tertiary/aromatic N) is 2. The van der Waals surface area contributed by atoms with Gasteiger partial charge in [0.2, 0.25) is 0 Å². The summed E-state index contributed by atoms with van der Waals surface area (Å²) in [4.78, 5) is 8.65. The predicted octanol–water partition coefficient (Wildman–Crippen LogP) is 4.00. The van der Waals surface area contributed by atoms with Crippen LogP contribution in [0.1, 0.15) is 30.3 Å². The van der Waals surface area contributed by atoms with Crippen LogP contribution in [-0.2, 0) is 13.0 Å². The number of hydrogen-bond acceptors (Lipinski definition) is 3. The molecular weight excluding hydrogens is 258 g/mol. The number of benzene rings is 1. The van der Waals surface area contributed by atoms with Crippen molar-refractivity contribution < 1.29 is 0 Å². The van der Waals surface area contributed by atoms with Gasteiger partial charge in [-0.25, -0.2) is 9.97 Å². The summed E-state index contributed by atoms with van der Waals surface area (Å²) in [7, 11) is 0. The molecule has 0 spiro atoms. The highest BCUT2D eigenvalue weighted by atomic mass is 35.5. The minimum Gasteiger partial charge on any atom is -0.366 e. The molecule has 0 saturated carbocycles. The Morgan fingerprint density at radius 3 is 2.58 bits per heavy atom. The fourth-order valence-electron chi connectivity index (χ4n) is 1.79. The van der Waals surface area contributed by atoms with Crippen molar-refractivity contribution in [2.45, 2.75) is 33.2 Å². The Morgan fingerprint density at radius 1 is 1.16 bits per heavy atom. The normalized spacial score (nSPS) is 10.5. The maximum absolute atomic E-state index is 6.00. The van der Waals surface area contributed by atoms with Crippen LogP contribution >= 0.6 is 11.6 Å². The Hall–Kier alpha value is -1.61. The van der Waals surface area contributed by atoms with Crippen molar-refractivity contribution in [1.82, 2.24) is 9.97 Å². The average Bonchev–Trinajstić information content (AvgIpc) is 2.38. The van der Waals surface area contributed by atoms with Crippen molar-refractivity contribution in [3.8, 4) is 0 Å². The molecular formula is C15H18ClN3. The van der Waals surface area contributed by atoms with E-state index in [1.165, 1.54) is 11.1 Å². The van der Waals surface area contributed by atoms with Gasteiger partial charge in [0.05, 0.1) is 0 Å². The Bertz CT molecular complexity index is 538. The van der Waals surface area contributed by atoms with Gasteiger partial charge in [-0.05, 0) is 18.9 Å². The van der Waals surface area contributed by atoms with Crippen LogP contribution in [0, 0.1) is 6.92 Å². The van der Waals surface area contributed by atoms with Crippen LogP contribution in [0.15, 0.2) is 30.3 Å². The molecule has 0 amide bonds. The fourth-order valence-corrected chi connectivity index (χ4v) is 1.99. The number of nitrogens with one attached hydrogen (secondary N) is 1. The first kappa shape index (κ1) is 13.8.